The molecule has 1 aliphatic heterocycles. The molecule has 0 aromatic carbocycles. The van der Waals surface area contributed by atoms with Gasteiger partial charge in [-0.1, -0.05) is 12.8 Å². The Balaban J connectivity index is 1.91. The predicted molar refractivity (Wildman–Crippen MR) is 69.1 cm³/mol. The molecule has 2 unspecified atom stereocenters. The van der Waals surface area contributed by atoms with Crippen LogP contribution in [0.25, 0.3) is 0 Å². The molecule has 106 valence electrons. The van der Waals surface area contributed by atoms with Crippen LogP contribution in [0.3, 0.4) is 0 Å². The Morgan fingerprint density at radius 3 is 2.26 bits per heavy atom. The molecule has 0 bridgehead atoms. The van der Waals surface area contributed by atoms with Crippen molar-refractivity contribution in [3.63, 3.8) is 0 Å². The summed E-state index contributed by atoms with van der Waals surface area (Å²) in [4.78, 5) is 37.1. The second-order valence-corrected chi connectivity index (χ2v) is 5.21. The van der Waals surface area contributed by atoms with E-state index in [2.05, 4.69) is 10.6 Å². The van der Waals surface area contributed by atoms with E-state index < -0.39 is 0 Å². The lowest BCUT2D eigenvalue weighted by atomic mass is 9.81. The van der Waals surface area contributed by atoms with Gasteiger partial charge in [0.2, 0.25) is 17.7 Å². The maximum absolute atomic E-state index is 12.1. The molecule has 6 heteroatoms. The number of hydrogen-bond acceptors (Lipinski definition) is 4. The van der Waals surface area contributed by atoms with Crippen molar-refractivity contribution >= 4 is 17.7 Å². The molecule has 0 radical (unpaired) electrons. The van der Waals surface area contributed by atoms with Crippen molar-refractivity contribution < 1.29 is 14.4 Å². The topological polar surface area (TPSA) is 78.5 Å². The second-order valence-electron chi connectivity index (χ2n) is 5.21. The Hall–Kier alpha value is -1.43. The Labute approximate surface area is 112 Å². The Morgan fingerprint density at radius 1 is 1.16 bits per heavy atom. The minimum atomic E-state index is -0.268. The monoisotopic (exact) mass is 267 g/mol. The van der Waals surface area contributed by atoms with E-state index >= 15 is 0 Å². The molecule has 2 atom stereocenters. The molecular weight excluding hydrogens is 246 g/mol. The van der Waals surface area contributed by atoms with Gasteiger partial charge in [0.15, 0.2) is 0 Å². The third kappa shape index (κ3) is 2.94. The van der Waals surface area contributed by atoms with Crippen LogP contribution in [-0.4, -0.2) is 49.3 Å². The first-order chi connectivity index (χ1) is 9.15. The lowest BCUT2D eigenvalue weighted by molar-refractivity contribution is -0.143. The average Bonchev–Trinajstić information content (AvgIpc) is 2.65. The summed E-state index contributed by atoms with van der Waals surface area (Å²) in [7, 11) is 1.80. The number of nitrogens with zero attached hydrogens (tertiary/aromatic N) is 1. The highest BCUT2D eigenvalue weighted by molar-refractivity contribution is 6.07. The highest BCUT2D eigenvalue weighted by Crippen LogP contribution is 2.37. The second kappa shape index (κ2) is 6.14. The number of carbonyl (C=O) groups is 3. The van der Waals surface area contributed by atoms with Crippen LogP contribution < -0.4 is 10.6 Å². The molecule has 2 rings (SSSR count). The Kier molecular flexibility index (Phi) is 4.52. The predicted octanol–water partition coefficient (Wildman–Crippen LogP) is -0.503. The smallest absolute Gasteiger partial charge is 0.240 e. The molecule has 3 amide bonds. The van der Waals surface area contributed by atoms with E-state index in [1.165, 1.54) is 0 Å². The normalized spacial score (nSPS) is 26.5. The van der Waals surface area contributed by atoms with Crippen molar-refractivity contribution in [3.05, 3.63) is 0 Å². The van der Waals surface area contributed by atoms with E-state index in [0.717, 1.165) is 30.6 Å². The number of imide groups is 1. The van der Waals surface area contributed by atoms with Crippen LogP contribution in [0.15, 0.2) is 0 Å². The summed E-state index contributed by atoms with van der Waals surface area (Å²) in [5, 5.41) is 5.60. The van der Waals surface area contributed by atoms with Gasteiger partial charge in [-0.3, -0.25) is 19.3 Å². The van der Waals surface area contributed by atoms with Crippen molar-refractivity contribution in [2.75, 3.05) is 26.7 Å². The van der Waals surface area contributed by atoms with E-state index in [1.54, 1.807) is 7.05 Å². The quantitative estimate of drug-likeness (QED) is 0.520. The van der Waals surface area contributed by atoms with Gasteiger partial charge in [0.1, 0.15) is 6.54 Å². The summed E-state index contributed by atoms with van der Waals surface area (Å²) >= 11 is 0. The largest absolute Gasteiger partial charge is 0.353 e. The summed E-state index contributed by atoms with van der Waals surface area (Å²) in [5.41, 5.74) is 0. The first-order valence-electron chi connectivity index (χ1n) is 6.91. The van der Waals surface area contributed by atoms with Gasteiger partial charge in [-0.05, 0) is 19.9 Å². The van der Waals surface area contributed by atoms with E-state index in [4.69, 9.17) is 0 Å². The molecule has 1 saturated carbocycles. The van der Waals surface area contributed by atoms with Gasteiger partial charge < -0.3 is 10.6 Å². The molecule has 0 spiro atoms. The summed E-state index contributed by atoms with van der Waals surface area (Å²) in [6.07, 6.45) is 3.57. The third-order valence-electron chi connectivity index (χ3n) is 3.93. The number of fused-ring (bicyclic) bond motifs is 1. The maximum Gasteiger partial charge on any atom is 0.240 e. The number of likely N-dealkylation sites (N-methyl/N-ethyl adjacent to an activating group) is 1. The fourth-order valence-electron chi connectivity index (χ4n) is 2.91. The average molecular weight is 267 g/mol. The first-order valence-corrected chi connectivity index (χ1v) is 6.91. The van der Waals surface area contributed by atoms with Crippen LogP contribution in [0.2, 0.25) is 0 Å². The lowest BCUT2D eigenvalue weighted by Gasteiger charge is -2.19. The van der Waals surface area contributed by atoms with Gasteiger partial charge in [-0.15, -0.1) is 0 Å². The molecule has 2 aliphatic rings. The lowest BCUT2D eigenvalue weighted by Crippen LogP contribution is -2.42. The molecule has 6 nitrogen and oxygen atoms in total. The summed E-state index contributed by atoms with van der Waals surface area (Å²) < 4.78 is 0. The van der Waals surface area contributed by atoms with Crippen LogP contribution in [0.5, 0.6) is 0 Å². The zero-order chi connectivity index (χ0) is 13.8. The number of carbonyl (C=O) groups excluding carboxylic acids is 3. The van der Waals surface area contributed by atoms with E-state index in [1.807, 2.05) is 0 Å². The van der Waals surface area contributed by atoms with Crippen molar-refractivity contribution in [2.45, 2.75) is 25.7 Å². The van der Waals surface area contributed by atoms with Crippen LogP contribution in [-0.2, 0) is 14.4 Å². The number of amides is 3. The number of nitrogens with one attached hydrogen (secondary N) is 2. The Morgan fingerprint density at radius 2 is 1.74 bits per heavy atom. The summed E-state index contributed by atoms with van der Waals surface area (Å²) in [5.74, 6) is -0.926. The number of rotatable bonds is 5. The molecule has 0 aromatic rings. The SMILES string of the molecule is CNCCNC(=O)CN1C(=O)C2CCCCC2C1=O. The van der Waals surface area contributed by atoms with Crippen molar-refractivity contribution in [2.24, 2.45) is 11.8 Å². The highest BCUT2D eigenvalue weighted by atomic mass is 16.2. The van der Waals surface area contributed by atoms with Gasteiger partial charge in [-0.2, -0.15) is 0 Å². The fraction of sp³-hybridized carbons (Fsp3) is 0.769. The third-order valence-corrected chi connectivity index (χ3v) is 3.93. The van der Waals surface area contributed by atoms with Crippen molar-refractivity contribution in [1.29, 1.82) is 0 Å². The van der Waals surface area contributed by atoms with Gasteiger partial charge in [0.05, 0.1) is 11.8 Å². The molecule has 0 aromatic heterocycles. The zero-order valence-corrected chi connectivity index (χ0v) is 11.3. The van der Waals surface area contributed by atoms with Crippen LogP contribution in [0, 0.1) is 11.8 Å². The van der Waals surface area contributed by atoms with Crippen molar-refractivity contribution in [1.82, 2.24) is 15.5 Å². The van der Waals surface area contributed by atoms with Gasteiger partial charge in [0, 0.05) is 13.1 Å². The molecule has 2 N–H and O–H groups in total. The van der Waals surface area contributed by atoms with Crippen LogP contribution >= 0.6 is 0 Å². The minimum absolute atomic E-state index is 0.131. The molecule has 2 fully saturated rings. The fourth-order valence-corrected chi connectivity index (χ4v) is 2.91. The van der Waals surface area contributed by atoms with Crippen LogP contribution in [0.1, 0.15) is 25.7 Å². The Bertz CT molecular complexity index is 359. The molecular formula is C13H21N3O3. The standard InChI is InChI=1S/C13H21N3O3/c1-14-6-7-15-11(17)8-16-12(18)9-4-2-3-5-10(9)13(16)19/h9-10,14H,2-8H2,1H3,(H,15,17). The van der Waals surface area contributed by atoms with E-state index in [-0.39, 0.29) is 36.1 Å². The molecule has 19 heavy (non-hydrogen) atoms. The van der Waals surface area contributed by atoms with Gasteiger partial charge in [0.25, 0.3) is 0 Å². The van der Waals surface area contributed by atoms with Gasteiger partial charge >= 0.3 is 0 Å². The summed E-state index contributed by atoms with van der Waals surface area (Å²) in [6.45, 7) is 1.03. The number of hydrogen-bond donors (Lipinski definition) is 2. The van der Waals surface area contributed by atoms with Gasteiger partial charge in [-0.25, -0.2) is 0 Å². The highest BCUT2D eigenvalue weighted by Gasteiger charge is 2.48. The van der Waals surface area contributed by atoms with Crippen LogP contribution in [0.4, 0.5) is 0 Å². The number of likely N-dealkylation sites (tertiary alicyclic amines) is 1. The molecule has 1 heterocycles. The first kappa shape index (κ1) is 14.0. The summed E-state index contributed by atoms with van der Waals surface area (Å²) in [6, 6.07) is 0. The molecule has 1 saturated heterocycles. The zero-order valence-electron chi connectivity index (χ0n) is 11.3. The molecule has 1 aliphatic carbocycles. The van der Waals surface area contributed by atoms with E-state index in [0.29, 0.717) is 13.1 Å². The van der Waals surface area contributed by atoms with E-state index in [9.17, 15) is 14.4 Å². The van der Waals surface area contributed by atoms with Crippen molar-refractivity contribution in [3.8, 4) is 0 Å². The minimum Gasteiger partial charge on any atom is -0.353 e. The maximum atomic E-state index is 12.1.